The molecule has 0 fully saturated rings. The minimum absolute atomic E-state index is 0. The fourth-order valence-corrected chi connectivity index (χ4v) is 20.7. The Labute approximate surface area is 859 Å². The molecule has 4 aromatic heterocycles. The Morgan fingerprint density at radius 1 is 0.206 bits per heavy atom. The first-order valence-corrected chi connectivity index (χ1v) is 50.2. The summed E-state index contributed by atoms with van der Waals surface area (Å²) in [5, 5.41) is 9.25. The minimum Gasteiger partial charge on any atom is -0.309 e. The largest absolute Gasteiger partial charge is 0.309 e. The van der Waals surface area contributed by atoms with Crippen LogP contribution in [-0.4, -0.2) is 18.3 Å². The zero-order valence-corrected chi connectivity index (χ0v) is 89.5. The molecule has 141 heavy (non-hydrogen) atoms. The fourth-order valence-electron chi connectivity index (χ4n) is 20.7. The third-order valence-corrected chi connectivity index (χ3v) is 28.4. The van der Waals surface area contributed by atoms with Crippen LogP contribution in [0.3, 0.4) is 0 Å². The molecule has 0 aliphatic carbocycles. The summed E-state index contributed by atoms with van der Waals surface area (Å²) in [7, 11) is 0. The van der Waals surface area contributed by atoms with Crippen LogP contribution in [0.4, 0.5) is 0 Å². The maximum absolute atomic E-state index is 9.01. The number of fused-ring (bicyclic) bond motifs is 12. The smallest absolute Gasteiger partial charge is 0.0632 e. The summed E-state index contributed by atoms with van der Waals surface area (Å²) in [6.45, 7) is 77.2. The molecule has 4 heterocycles. The van der Waals surface area contributed by atoms with Crippen LogP contribution in [0.5, 0.6) is 0 Å². The van der Waals surface area contributed by atoms with Crippen LogP contribution >= 0.6 is 0 Å². The highest BCUT2D eigenvalue weighted by molar-refractivity contribution is 6.22. The van der Waals surface area contributed by atoms with Gasteiger partial charge in [-0.2, -0.15) is 0 Å². The summed E-state index contributed by atoms with van der Waals surface area (Å²) < 4.78 is 87.9. The Morgan fingerprint density at radius 3 is 0.887 bits per heavy atom. The van der Waals surface area contributed by atoms with E-state index in [0.717, 1.165) is 77.2 Å². The van der Waals surface area contributed by atoms with Crippen molar-refractivity contribution < 1.29 is 12.3 Å². The third-order valence-electron chi connectivity index (χ3n) is 28.4. The molecule has 0 unspecified atom stereocenters. The molecule has 728 valence electrons. The van der Waals surface area contributed by atoms with Crippen LogP contribution in [0.1, 0.15) is 322 Å². The topological polar surface area (TPSA) is 19.7 Å². The fraction of sp³-hybridized carbons (Fsp3) is 0.343. The zero-order chi connectivity index (χ0) is 108. The van der Waals surface area contributed by atoms with Crippen LogP contribution < -0.4 is 0 Å². The van der Waals surface area contributed by atoms with Crippen LogP contribution in [0, 0.1) is 6.92 Å². The Kier molecular flexibility index (Phi) is 23.7. The van der Waals surface area contributed by atoms with Crippen molar-refractivity contribution in [2.75, 3.05) is 0 Å². The quantitative estimate of drug-likeness (QED) is 0.144. The molecule has 4 heteroatoms. The number of aromatic nitrogens is 4. The predicted molar refractivity (Wildman–Crippen MR) is 622 cm³/mol. The number of hydrogen-bond donors (Lipinski definition) is 0. The summed E-state index contributed by atoms with van der Waals surface area (Å²) in [6.07, 6.45) is 0. The molecule has 4 nitrogen and oxygen atoms in total. The van der Waals surface area contributed by atoms with Crippen LogP contribution in [0.15, 0.2) is 303 Å². The summed E-state index contributed by atoms with van der Waals surface area (Å²) in [5.74, 6) is 0. The first-order chi connectivity index (χ1) is 68.6. The van der Waals surface area contributed by atoms with E-state index in [1.165, 1.54) is 122 Å². The van der Waals surface area contributed by atoms with Gasteiger partial charge in [0, 0.05) is 60.2 Å². The SMILES string of the molecule is C.C.CC(C)(C)c1cc(-n2c3cccc(-c4ccccc4)c3c3c(C(C)(C)C)c(-n4c5ccc(C(C)(C)C)cc5c5cc(C(C)(C)C)ccc54)ccc32)cc(C(C)(C)C)c1.[2H]c1c([2H])c(C)c([2H])c(-c2cccc3c2c2c(C(C)(C)C)cccc2n3-c2cc(C(C)(C)C)cc(C(C)(C)C)c2)c1[2H].[2H]c1c([2H])c([2H])c(-c2cccc3c2c2c(C(C)(C)C)c(-c4ccccc4)ccc2n3-c2cc(C(C)(C)C)cc(C(C)(C)C)c2)c([2H])c1[2H]. The minimum atomic E-state index is -0.390. The van der Waals surface area contributed by atoms with Gasteiger partial charge >= 0.3 is 0 Å². The van der Waals surface area contributed by atoms with Crippen molar-refractivity contribution >= 4 is 87.2 Å². The number of benzene rings is 15. The summed E-state index contributed by atoms with van der Waals surface area (Å²) in [4.78, 5) is 0. The van der Waals surface area contributed by atoms with E-state index in [9.17, 15) is 0 Å². The molecule has 19 rings (SSSR count). The second-order valence-corrected chi connectivity index (χ2v) is 50.6. The van der Waals surface area contributed by atoms with Crippen molar-refractivity contribution in [1.82, 2.24) is 18.3 Å². The van der Waals surface area contributed by atoms with E-state index in [1.807, 2.05) is 30.3 Å². The lowest BCUT2D eigenvalue weighted by Gasteiger charge is -2.27. The van der Waals surface area contributed by atoms with Gasteiger partial charge in [0.15, 0.2) is 0 Å². The molecule has 0 saturated carbocycles. The number of nitrogens with zero attached hydrogens (tertiary/aromatic N) is 4. The van der Waals surface area contributed by atoms with Gasteiger partial charge in [0.1, 0.15) is 0 Å². The highest BCUT2D eigenvalue weighted by Crippen LogP contribution is 2.53. The molecule has 0 amide bonds. The molecule has 0 N–H and O–H groups in total. The molecule has 0 aliphatic rings. The Balaban J connectivity index is 0.000000169. The van der Waals surface area contributed by atoms with Crippen LogP contribution in [0.25, 0.3) is 154 Å². The second kappa shape index (κ2) is 36.8. The number of hydrogen-bond acceptors (Lipinski definition) is 0. The highest BCUT2D eigenvalue weighted by atomic mass is 15.0. The lowest BCUT2D eigenvalue weighted by Crippen LogP contribution is -2.17. The Hall–Kier alpha value is -12.5. The van der Waals surface area contributed by atoms with Gasteiger partial charge < -0.3 is 18.3 Å². The predicted octanol–water partition coefficient (Wildman–Crippen LogP) is 40.0. The molecular weight excluding hydrogens is 1700 g/mol. The lowest BCUT2D eigenvalue weighted by atomic mass is 9.78. The van der Waals surface area contributed by atoms with E-state index in [-0.39, 0.29) is 134 Å². The second-order valence-electron chi connectivity index (χ2n) is 50.6. The average Bonchev–Trinajstić information content (AvgIpc) is 1.54. The first-order valence-electron chi connectivity index (χ1n) is 54.7. The van der Waals surface area contributed by atoms with Crippen molar-refractivity contribution in [3.63, 3.8) is 0 Å². The van der Waals surface area contributed by atoms with Gasteiger partial charge in [-0.25, -0.2) is 0 Å². The Morgan fingerprint density at radius 2 is 0.518 bits per heavy atom. The standard InChI is InChI=1S/C56H64N2.C42H45N.C37H43N.2CH4/c1-52(2,3)36-24-26-44-42(33-36)43-34-37(53(4,5)6)25-27-45(43)58(44)48-29-28-47-50(51(48)56(13,14)15)49-41(35-20-17-16-18-21-35)22-19-23-46(49)57(47)40-31-38(54(7,8)9)30-39(32-40)55(10,11)12;1-40(2,3)30-25-31(41(4,5)6)27-32(26-30)43-35-22-16-21-33(28-17-12-10-13-18-28)37(35)38-36(43)24-23-34(39(38)42(7,8)9)29-19-14-11-15-20-29;1-24-14-11-15-25(20-24)29-16-12-18-31-33(29)34-30(37(8,9)10)17-13-19-32(34)38(31)28-22-26(35(2,3)4)21-27(23-28)36(5,6)7;;/h16-34H,1-15H3;10-27H,1-9H3;11-23H,1-10H3;2*1H4/i;10D,12D,13D,17D,18D;11D,14D,15D,20D;;. The normalized spacial score (nSPS) is 13.8. The molecule has 0 aliphatic heterocycles. The van der Waals surface area contributed by atoms with Gasteiger partial charge in [-0.1, -0.05) is 449 Å². The van der Waals surface area contributed by atoms with Gasteiger partial charge in [-0.3, -0.25) is 0 Å². The van der Waals surface area contributed by atoms with E-state index in [1.54, 1.807) is 6.92 Å². The van der Waals surface area contributed by atoms with Crippen molar-refractivity contribution in [2.45, 2.75) is 310 Å². The summed E-state index contributed by atoms with van der Waals surface area (Å²) in [6, 6.07) is 90.1. The molecule has 0 saturated heterocycles. The van der Waals surface area contributed by atoms with Crippen LogP contribution in [-0.2, 0) is 59.6 Å². The Bertz CT molecular complexity index is 8310. The zero-order valence-electron chi connectivity index (χ0n) is 98.5. The lowest BCUT2D eigenvalue weighted by molar-refractivity contribution is 0.567. The monoisotopic (exact) mass is 1870 g/mol. The van der Waals surface area contributed by atoms with Gasteiger partial charge in [0.2, 0.25) is 0 Å². The molecule has 0 radical (unpaired) electrons. The highest BCUT2D eigenvalue weighted by Gasteiger charge is 2.36. The van der Waals surface area contributed by atoms with Crippen LogP contribution in [0.2, 0.25) is 0 Å². The summed E-state index contributed by atoms with van der Waals surface area (Å²) in [5.41, 5.74) is 34.0. The maximum Gasteiger partial charge on any atom is 0.0632 e. The van der Waals surface area contributed by atoms with Gasteiger partial charge in [-0.15, -0.1) is 0 Å². The molecular formula is C137H160N4. The molecule has 0 atom stereocenters. The van der Waals surface area contributed by atoms with Gasteiger partial charge in [0.05, 0.1) is 62.2 Å². The number of rotatable bonds is 8. The van der Waals surface area contributed by atoms with Gasteiger partial charge in [0.25, 0.3) is 0 Å². The molecule has 0 bridgehead atoms. The molecule has 0 spiro atoms. The summed E-state index contributed by atoms with van der Waals surface area (Å²) >= 11 is 0. The first kappa shape index (κ1) is 91.0. The van der Waals surface area contributed by atoms with Crippen molar-refractivity contribution in [1.29, 1.82) is 0 Å². The van der Waals surface area contributed by atoms with E-state index in [2.05, 4.69) is 465 Å². The van der Waals surface area contributed by atoms with Crippen molar-refractivity contribution in [3.8, 4) is 67.3 Å². The molecule has 19 aromatic rings. The third kappa shape index (κ3) is 19.7. The van der Waals surface area contributed by atoms with Crippen molar-refractivity contribution in [3.05, 3.63) is 370 Å². The van der Waals surface area contributed by atoms with E-state index >= 15 is 0 Å². The van der Waals surface area contributed by atoms with E-state index in [4.69, 9.17) is 12.3 Å². The maximum atomic E-state index is 9.01. The van der Waals surface area contributed by atoms with Crippen molar-refractivity contribution in [2.24, 2.45) is 0 Å². The molecule has 15 aromatic carbocycles. The van der Waals surface area contributed by atoms with E-state index < -0.39 is 0 Å². The van der Waals surface area contributed by atoms with E-state index in [0.29, 0.717) is 16.7 Å². The van der Waals surface area contributed by atoms with Gasteiger partial charge in [-0.05, 0) is 275 Å². The average molecular weight is 1870 g/mol.